The Morgan fingerprint density at radius 3 is 2.31 bits per heavy atom. The molecule has 1 aliphatic rings. The third-order valence-corrected chi connectivity index (χ3v) is 5.89. The quantitative estimate of drug-likeness (QED) is 0.373. The third-order valence-electron chi connectivity index (χ3n) is 4.92. The average Bonchev–Trinajstić information content (AvgIpc) is 3.08. The number of amides is 1. The number of aryl methyl sites for hydroxylation is 2. The number of methoxy groups -OCH3 is 1. The fourth-order valence-electron chi connectivity index (χ4n) is 3.34. The van der Waals surface area contributed by atoms with Crippen LogP contribution in [-0.2, 0) is 9.53 Å². The van der Waals surface area contributed by atoms with Gasteiger partial charge in [0.05, 0.1) is 29.0 Å². The van der Waals surface area contributed by atoms with Crippen LogP contribution in [0.25, 0.3) is 6.08 Å². The van der Waals surface area contributed by atoms with E-state index in [0.29, 0.717) is 15.6 Å². The minimum absolute atomic E-state index is 0.135. The smallest absolute Gasteiger partial charge is 0.337 e. The molecule has 0 spiro atoms. The number of hydrogen-bond acceptors (Lipinski definition) is 5. The summed E-state index contributed by atoms with van der Waals surface area (Å²) in [7, 11) is 1.35. The summed E-state index contributed by atoms with van der Waals surface area (Å²) in [5, 5.41) is 0.601. The number of carbonyl (C=O) groups is 2. The lowest BCUT2D eigenvalue weighted by molar-refractivity contribution is -0.113. The van der Waals surface area contributed by atoms with E-state index in [9.17, 15) is 9.59 Å². The SMILES string of the molecule is COC(=O)c1ccc(/C=C2\SC(=Nc3cccc(C)c3)N(c3cccc(C)c3)C2=O)cc1. The van der Waals surface area contributed by atoms with E-state index in [1.54, 1.807) is 29.2 Å². The first kappa shape index (κ1) is 21.6. The van der Waals surface area contributed by atoms with E-state index in [0.717, 1.165) is 28.1 Å². The molecule has 160 valence electrons. The molecule has 5 nitrogen and oxygen atoms in total. The lowest BCUT2D eigenvalue weighted by atomic mass is 10.1. The van der Waals surface area contributed by atoms with Gasteiger partial charge in [0.25, 0.3) is 5.91 Å². The van der Waals surface area contributed by atoms with Crippen molar-refractivity contribution in [1.29, 1.82) is 0 Å². The van der Waals surface area contributed by atoms with Gasteiger partial charge >= 0.3 is 5.97 Å². The van der Waals surface area contributed by atoms with Crippen LogP contribution < -0.4 is 4.90 Å². The summed E-state index contributed by atoms with van der Waals surface area (Å²) in [6, 6.07) is 22.6. The molecule has 1 saturated heterocycles. The van der Waals surface area contributed by atoms with Crippen molar-refractivity contribution >= 4 is 46.3 Å². The highest BCUT2D eigenvalue weighted by Crippen LogP contribution is 2.37. The van der Waals surface area contributed by atoms with Crippen molar-refractivity contribution in [2.45, 2.75) is 13.8 Å². The van der Waals surface area contributed by atoms with Gasteiger partial charge in [0.2, 0.25) is 0 Å². The van der Waals surface area contributed by atoms with Crippen molar-refractivity contribution in [2.24, 2.45) is 4.99 Å². The predicted octanol–water partition coefficient (Wildman–Crippen LogP) is 5.90. The number of carbonyl (C=O) groups excluding carboxylic acids is 2. The second-order valence-corrected chi connectivity index (χ2v) is 8.45. The Labute approximate surface area is 191 Å². The second kappa shape index (κ2) is 9.24. The van der Waals surface area contributed by atoms with Gasteiger partial charge in [-0.15, -0.1) is 0 Å². The van der Waals surface area contributed by atoms with Crippen LogP contribution >= 0.6 is 11.8 Å². The molecule has 0 saturated carbocycles. The highest BCUT2D eigenvalue weighted by Gasteiger charge is 2.34. The first-order chi connectivity index (χ1) is 15.4. The number of aliphatic imine (C=N–C) groups is 1. The molecule has 32 heavy (non-hydrogen) atoms. The Kier molecular flexibility index (Phi) is 6.23. The fourth-order valence-corrected chi connectivity index (χ4v) is 4.34. The van der Waals surface area contributed by atoms with Gasteiger partial charge in [-0.2, -0.15) is 0 Å². The molecule has 3 aromatic rings. The van der Waals surface area contributed by atoms with Gasteiger partial charge in [0.15, 0.2) is 5.17 Å². The topological polar surface area (TPSA) is 59.0 Å². The molecule has 0 radical (unpaired) electrons. The van der Waals surface area contributed by atoms with Crippen molar-refractivity contribution in [3.63, 3.8) is 0 Å². The molecule has 3 aromatic carbocycles. The molecular weight excluding hydrogens is 420 g/mol. The molecule has 0 bridgehead atoms. The zero-order chi connectivity index (χ0) is 22.7. The van der Waals surface area contributed by atoms with Gasteiger partial charge in [0.1, 0.15) is 0 Å². The Bertz CT molecular complexity index is 1250. The number of anilines is 1. The normalized spacial score (nSPS) is 16.1. The summed E-state index contributed by atoms with van der Waals surface area (Å²) in [6.45, 7) is 4.01. The van der Waals surface area contributed by atoms with Crippen LogP contribution in [0.15, 0.2) is 82.7 Å². The van der Waals surface area contributed by atoms with Crippen LogP contribution in [0.5, 0.6) is 0 Å². The van der Waals surface area contributed by atoms with Crippen LogP contribution in [-0.4, -0.2) is 24.2 Å². The number of esters is 1. The number of rotatable bonds is 4. The first-order valence-corrected chi connectivity index (χ1v) is 10.9. The summed E-state index contributed by atoms with van der Waals surface area (Å²) in [6.07, 6.45) is 1.82. The standard InChI is InChI=1S/C26H22N2O3S/c1-17-6-4-8-21(14-17)27-26-28(22-9-5-7-18(2)15-22)24(29)23(32-26)16-19-10-12-20(13-11-19)25(30)31-3/h4-16H,1-3H3/b23-16-,27-26?. The Hall–Kier alpha value is -3.64. The number of ether oxygens (including phenoxy) is 1. The van der Waals surface area contributed by atoms with E-state index in [1.807, 2.05) is 68.5 Å². The Morgan fingerprint density at radius 1 is 0.969 bits per heavy atom. The maximum atomic E-state index is 13.4. The molecule has 6 heteroatoms. The van der Waals surface area contributed by atoms with Crippen LogP contribution in [0, 0.1) is 13.8 Å². The molecule has 0 N–H and O–H groups in total. The number of benzene rings is 3. The summed E-state index contributed by atoms with van der Waals surface area (Å²) in [5.74, 6) is -0.530. The fraction of sp³-hybridized carbons (Fsp3) is 0.115. The van der Waals surface area contributed by atoms with E-state index >= 15 is 0 Å². The zero-order valence-electron chi connectivity index (χ0n) is 18.0. The van der Waals surface area contributed by atoms with E-state index in [2.05, 4.69) is 0 Å². The Balaban J connectivity index is 1.73. The monoisotopic (exact) mass is 442 g/mol. The molecule has 0 aliphatic carbocycles. The molecule has 0 aromatic heterocycles. The summed E-state index contributed by atoms with van der Waals surface area (Å²) in [5.41, 5.74) is 5.01. The van der Waals surface area contributed by atoms with E-state index < -0.39 is 5.97 Å². The molecule has 4 rings (SSSR count). The van der Waals surface area contributed by atoms with Crippen molar-refractivity contribution in [3.8, 4) is 0 Å². The number of nitrogens with zero attached hydrogens (tertiary/aromatic N) is 2. The molecule has 0 atom stereocenters. The molecule has 1 aliphatic heterocycles. The van der Waals surface area contributed by atoms with E-state index in [1.165, 1.54) is 18.9 Å². The second-order valence-electron chi connectivity index (χ2n) is 7.44. The lowest BCUT2D eigenvalue weighted by Gasteiger charge is -2.16. The molecule has 1 amide bonds. The van der Waals surface area contributed by atoms with Crippen molar-refractivity contribution in [1.82, 2.24) is 0 Å². The maximum Gasteiger partial charge on any atom is 0.337 e. The highest BCUT2D eigenvalue weighted by atomic mass is 32.2. The predicted molar refractivity (Wildman–Crippen MR) is 130 cm³/mol. The van der Waals surface area contributed by atoms with Crippen LogP contribution in [0.1, 0.15) is 27.0 Å². The first-order valence-electron chi connectivity index (χ1n) is 10.1. The Morgan fingerprint density at radius 2 is 1.66 bits per heavy atom. The number of hydrogen-bond donors (Lipinski definition) is 0. The summed E-state index contributed by atoms with van der Waals surface area (Å²) in [4.78, 5) is 32.0. The van der Waals surface area contributed by atoms with Crippen LogP contribution in [0.4, 0.5) is 11.4 Å². The van der Waals surface area contributed by atoms with Crippen molar-refractivity contribution < 1.29 is 14.3 Å². The third kappa shape index (κ3) is 4.65. The van der Waals surface area contributed by atoms with Crippen molar-refractivity contribution in [3.05, 3.63) is 100.0 Å². The average molecular weight is 443 g/mol. The van der Waals surface area contributed by atoms with Crippen LogP contribution in [0.3, 0.4) is 0 Å². The van der Waals surface area contributed by atoms with Gasteiger partial charge in [-0.3, -0.25) is 9.69 Å². The van der Waals surface area contributed by atoms with E-state index in [4.69, 9.17) is 9.73 Å². The van der Waals surface area contributed by atoms with Gasteiger partial charge in [-0.25, -0.2) is 9.79 Å². The van der Waals surface area contributed by atoms with Gasteiger partial charge in [-0.05, 0) is 84.8 Å². The number of thioether (sulfide) groups is 1. The molecule has 1 heterocycles. The minimum Gasteiger partial charge on any atom is -0.465 e. The van der Waals surface area contributed by atoms with Crippen LogP contribution in [0.2, 0.25) is 0 Å². The largest absolute Gasteiger partial charge is 0.465 e. The van der Waals surface area contributed by atoms with Gasteiger partial charge in [-0.1, -0.05) is 36.4 Å². The molecular formula is C26H22N2O3S. The van der Waals surface area contributed by atoms with Crippen molar-refractivity contribution in [2.75, 3.05) is 12.0 Å². The maximum absolute atomic E-state index is 13.4. The summed E-state index contributed by atoms with van der Waals surface area (Å²) < 4.78 is 4.74. The molecule has 1 fully saturated rings. The van der Waals surface area contributed by atoms with Gasteiger partial charge < -0.3 is 4.74 Å². The minimum atomic E-state index is -0.395. The number of amidine groups is 1. The highest BCUT2D eigenvalue weighted by molar-refractivity contribution is 8.19. The van der Waals surface area contributed by atoms with E-state index in [-0.39, 0.29) is 5.91 Å². The molecule has 0 unspecified atom stereocenters. The summed E-state index contributed by atoms with van der Waals surface area (Å²) >= 11 is 1.33. The zero-order valence-corrected chi connectivity index (χ0v) is 18.8. The van der Waals surface area contributed by atoms with Gasteiger partial charge in [0, 0.05) is 0 Å². The lowest BCUT2D eigenvalue weighted by Crippen LogP contribution is -2.28.